The van der Waals surface area contributed by atoms with Gasteiger partial charge in [0.1, 0.15) is 6.61 Å². The highest BCUT2D eigenvalue weighted by Gasteiger charge is 2.23. The monoisotopic (exact) mass is 276 g/mol. The van der Waals surface area contributed by atoms with Gasteiger partial charge in [-0.15, -0.1) is 0 Å². The molecule has 1 fully saturated rings. The van der Waals surface area contributed by atoms with E-state index in [1.807, 2.05) is 35.2 Å². The summed E-state index contributed by atoms with van der Waals surface area (Å²) >= 11 is 0. The molecule has 0 saturated carbocycles. The molecule has 1 aromatic rings. The largest absolute Gasteiger partial charge is 0.445 e. The highest BCUT2D eigenvalue weighted by atomic mass is 16.6. The van der Waals surface area contributed by atoms with E-state index in [2.05, 4.69) is 12.2 Å². The Morgan fingerprint density at radius 1 is 1.40 bits per heavy atom. The molecular weight excluding hydrogens is 252 g/mol. The Kier molecular flexibility index (Phi) is 5.87. The summed E-state index contributed by atoms with van der Waals surface area (Å²) in [5, 5.41) is 3.46. The summed E-state index contributed by atoms with van der Waals surface area (Å²) in [5.74, 6) is 0. The Labute approximate surface area is 121 Å². The summed E-state index contributed by atoms with van der Waals surface area (Å²) in [7, 11) is 0. The number of benzene rings is 1. The number of hydrogen-bond donors (Lipinski definition) is 1. The highest BCUT2D eigenvalue weighted by Crippen LogP contribution is 2.09. The van der Waals surface area contributed by atoms with E-state index in [-0.39, 0.29) is 6.09 Å². The first kappa shape index (κ1) is 14.9. The van der Waals surface area contributed by atoms with Gasteiger partial charge in [0.05, 0.1) is 0 Å². The molecular formula is C16H24N2O2. The van der Waals surface area contributed by atoms with Gasteiger partial charge < -0.3 is 15.0 Å². The molecule has 1 atom stereocenters. The van der Waals surface area contributed by atoms with Crippen molar-refractivity contribution in [2.75, 3.05) is 19.6 Å². The number of amides is 1. The number of hydrogen-bond acceptors (Lipinski definition) is 3. The van der Waals surface area contributed by atoms with Crippen molar-refractivity contribution in [3.05, 3.63) is 35.9 Å². The first-order valence-electron chi connectivity index (χ1n) is 7.48. The highest BCUT2D eigenvalue weighted by molar-refractivity contribution is 5.67. The molecule has 0 aromatic heterocycles. The van der Waals surface area contributed by atoms with Gasteiger partial charge in [-0.05, 0) is 12.0 Å². The first-order valence-corrected chi connectivity index (χ1v) is 7.48. The minimum absolute atomic E-state index is 0.197. The summed E-state index contributed by atoms with van der Waals surface area (Å²) in [6.07, 6.45) is 3.32. The fraction of sp³-hybridized carbons (Fsp3) is 0.562. The molecule has 2 rings (SSSR count). The fourth-order valence-electron chi connectivity index (χ4n) is 2.45. The molecule has 0 bridgehead atoms. The van der Waals surface area contributed by atoms with Crippen LogP contribution in [-0.4, -0.2) is 36.7 Å². The van der Waals surface area contributed by atoms with Crippen LogP contribution in [0.2, 0.25) is 0 Å². The second-order valence-electron chi connectivity index (χ2n) is 5.28. The van der Waals surface area contributed by atoms with Crippen LogP contribution in [0.5, 0.6) is 0 Å². The summed E-state index contributed by atoms with van der Waals surface area (Å²) in [6.45, 7) is 4.89. The molecule has 1 aliphatic rings. The Morgan fingerprint density at radius 3 is 2.95 bits per heavy atom. The Hall–Kier alpha value is -1.55. The molecule has 4 heteroatoms. The topological polar surface area (TPSA) is 41.6 Å². The van der Waals surface area contributed by atoms with E-state index in [1.54, 1.807) is 0 Å². The summed E-state index contributed by atoms with van der Waals surface area (Å²) < 4.78 is 5.38. The predicted octanol–water partition coefficient (Wildman–Crippen LogP) is 2.79. The molecule has 1 amide bonds. The van der Waals surface area contributed by atoms with Crippen molar-refractivity contribution < 1.29 is 9.53 Å². The van der Waals surface area contributed by atoms with Crippen molar-refractivity contribution in [2.24, 2.45) is 0 Å². The van der Waals surface area contributed by atoms with Crippen LogP contribution < -0.4 is 5.32 Å². The molecule has 1 aliphatic heterocycles. The predicted molar refractivity (Wildman–Crippen MR) is 79.5 cm³/mol. The molecule has 20 heavy (non-hydrogen) atoms. The molecule has 1 heterocycles. The average Bonchev–Trinajstić information content (AvgIpc) is 2.52. The minimum atomic E-state index is -0.197. The summed E-state index contributed by atoms with van der Waals surface area (Å²) in [5.41, 5.74) is 1.03. The number of nitrogens with zero attached hydrogens (tertiary/aromatic N) is 1. The van der Waals surface area contributed by atoms with Crippen molar-refractivity contribution in [3.8, 4) is 0 Å². The van der Waals surface area contributed by atoms with Gasteiger partial charge in [-0.1, -0.05) is 50.1 Å². The van der Waals surface area contributed by atoms with Crippen LogP contribution in [0.1, 0.15) is 31.7 Å². The lowest BCUT2D eigenvalue weighted by Crippen LogP contribution is -2.52. The molecule has 0 unspecified atom stereocenters. The normalized spacial score (nSPS) is 18.9. The zero-order valence-electron chi connectivity index (χ0n) is 12.2. The van der Waals surface area contributed by atoms with Crippen LogP contribution in [0.3, 0.4) is 0 Å². The molecule has 0 aliphatic carbocycles. The SMILES string of the molecule is CCCC[C@@H]1CN(C(=O)OCc2ccccc2)CCN1. The third-order valence-electron chi connectivity index (χ3n) is 3.62. The number of nitrogens with one attached hydrogen (secondary N) is 1. The van der Waals surface area contributed by atoms with E-state index in [9.17, 15) is 4.79 Å². The van der Waals surface area contributed by atoms with E-state index < -0.39 is 0 Å². The summed E-state index contributed by atoms with van der Waals surface area (Å²) in [4.78, 5) is 13.9. The van der Waals surface area contributed by atoms with Crippen molar-refractivity contribution in [1.29, 1.82) is 0 Å². The Bertz CT molecular complexity index is 408. The van der Waals surface area contributed by atoms with Gasteiger partial charge in [0.15, 0.2) is 0 Å². The zero-order chi connectivity index (χ0) is 14.2. The lowest BCUT2D eigenvalue weighted by Gasteiger charge is -2.33. The minimum Gasteiger partial charge on any atom is -0.445 e. The maximum Gasteiger partial charge on any atom is 0.410 e. The average molecular weight is 276 g/mol. The van der Waals surface area contributed by atoms with Crippen molar-refractivity contribution in [2.45, 2.75) is 38.8 Å². The van der Waals surface area contributed by atoms with Crippen LogP contribution >= 0.6 is 0 Å². The standard InChI is InChI=1S/C16H24N2O2/c1-2-3-9-15-12-18(11-10-17-15)16(19)20-13-14-7-5-4-6-8-14/h4-8,15,17H,2-3,9-13H2,1H3/t15-/m1/s1. The zero-order valence-corrected chi connectivity index (χ0v) is 12.2. The van der Waals surface area contributed by atoms with E-state index >= 15 is 0 Å². The third-order valence-corrected chi connectivity index (χ3v) is 3.62. The van der Waals surface area contributed by atoms with Crippen molar-refractivity contribution in [3.63, 3.8) is 0 Å². The van der Waals surface area contributed by atoms with E-state index in [0.29, 0.717) is 12.6 Å². The van der Waals surface area contributed by atoms with Gasteiger partial charge in [-0.3, -0.25) is 0 Å². The van der Waals surface area contributed by atoms with Crippen LogP contribution in [0, 0.1) is 0 Å². The molecule has 0 spiro atoms. The second-order valence-corrected chi connectivity index (χ2v) is 5.28. The van der Waals surface area contributed by atoms with Crippen molar-refractivity contribution in [1.82, 2.24) is 10.2 Å². The van der Waals surface area contributed by atoms with E-state index in [4.69, 9.17) is 4.74 Å². The number of ether oxygens (including phenoxy) is 1. The molecule has 4 nitrogen and oxygen atoms in total. The lowest BCUT2D eigenvalue weighted by atomic mass is 10.1. The quantitative estimate of drug-likeness (QED) is 0.899. The van der Waals surface area contributed by atoms with E-state index in [1.165, 1.54) is 12.8 Å². The van der Waals surface area contributed by atoms with Crippen LogP contribution in [0.25, 0.3) is 0 Å². The van der Waals surface area contributed by atoms with Gasteiger partial charge in [0, 0.05) is 25.7 Å². The number of unbranched alkanes of at least 4 members (excludes halogenated alkanes) is 1. The second kappa shape index (κ2) is 7.90. The number of piperazine rings is 1. The Balaban J connectivity index is 1.77. The maximum atomic E-state index is 12.1. The van der Waals surface area contributed by atoms with Gasteiger partial charge in [0.25, 0.3) is 0 Å². The molecule has 1 aromatic carbocycles. The number of carbonyl (C=O) groups is 1. The van der Waals surface area contributed by atoms with Gasteiger partial charge in [-0.2, -0.15) is 0 Å². The van der Waals surface area contributed by atoms with Crippen LogP contribution in [-0.2, 0) is 11.3 Å². The molecule has 1 N–H and O–H groups in total. The van der Waals surface area contributed by atoms with E-state index in [0.717, 1.165) is 31.6 Å². The van der Waals surface area contributed by atoms with Crippen molar-refractivity contribution >= 4 is 6.09 Å². The molecule has 1 saturated heterocycles. The van der Waals surface area contributed by atoms with Crippen LogP contribution in [0.4, 0.5) is 4.79 Å². The maximum absolute atomic E-state index is 12.1. The Morgan fingerprint density at radius 2 is 2.20 bits per heavy atom. The lowest BCUT2D eigenvalue weighted by molar-refractivity contribution is 0.0840. The summed E-state index contributed by atoms with van der Waals surface area (Å²) in [6, 6.07) is 10.2. The third kappa shape index (κ3) is 4.53. The van der Waals surface area contributed by atoms with Gasteiger partial charge >= 0.3 is 6.09 Å². The van der Waals surface area contributed by atoms with Crippen LogP contribution in [0.15, 0.2) is 30.3 Å². The van der Waals surface area contributed by atoms with Gasteiger partial charge in [0.2, 0.25) is 0 Å². The fourth-order valence-corrected chi connectivity index (χ4v) is 2.45. The smallest absolute Gasteiger partial charge is 0.410 e. The number of rotatable bonds is 5. The molecule has 0 radical (unpaired) electrons. The first-order chi connectivity index (χ1) is 9.79. The molecule has 110 valence electrons. The number of carbonyl (C=O) groups excluding carboxylic acids is 1. The van der Waals surface area contributed by atoms with Gasteiger partial charge in [-0.25, -0.2) is 4.79 Å².